The standard InChI is InChI=1S/C14H18N4OS/c1-3-15-12-9-11(8-10(2)18-12)14(19)17-5-4-13-16-6-7-20-13/h6-9H,3-5H2,1-2H3,(H,15,18)(H,17,19). The molecule has 0 radical (unpaired) electrons. The van der Waals surface area contributed by atoms with Crippen LogP contribution in [0, 0.1) is 6.92 Å². The van der Waals surface area contributed by atoms with Crippen LogP contribution in [0.4, 0.5) is 5.82 Å². The summed E-state index contributed by atoms with van der Waals surface area (Å²) >= 11 is 1.60. The number of rotatable bonds is 6. The van der Waals surface area contributed by atoms with Crippen LogP contribution in [-0.4, -0.2) is 29.0 Å². The maximum Gasteiger partial charge on any atom is 0.251 e. The van der Waals surface area contributed by atoms with Crippen molar-refractivity contribution in [3.8, 4) is 0 Å². The molecular formula is C14H18N4OS. The van der Waals surface area contributed by atoms with Crippen molar-refractivity contribution in [1.82, 2.24) is 15.3 Å². The highest BCUT2D eigenvalue weighted by Gasteiger charge is 2.08. The predicted octanol–water partition coefficient (Wildman–Crippen LogP) is 2.25. The van der Waals surface area contributed by atoms with Gasteiger partial charge in [-0.25, -0.2) is 9.97 Å². The summed E-state index contributed by atoms with van der Waals surface area (Å²) in [5.41, 5.74) is 1.46. The van der Waals surface area contributed by atoms with Crippen LogP contribution >= 0.6 is 11.3 Å². The normalized spacial score (nSPS) is 10.3. The molecule has 0 saturated carbocycles. The Morgan fingerprint density at radius 2 is 2.25 bits per heavy atom. The minimum atomic E-state index is -0.0776. The highest BCUT2D eigenvalue weighted by Crippen LogP contribution is 2.10. The van der Waals surface area contributed by atoms with Crippen LogP contribution in [0.25, 0.3) is 0 Å². The van der Waals surface area contributed by atoms with E-state index in [9.17, 15) is 4.79 Å². The Bertz CT molecular complexity index is 569. The van der Waals surface area contributed by atoms with E-state index < -0.39 is 0 Å². The van der Waals surface area contributed by atoms with Gasteiger partial charge in [0.15, 0.2) is 0 Å². The SMILES string of the molecule is CCNc1cc(C(=O)NCCc2nccs2)cc(C)n1. The molecule has 106 valence electrons. The molecule has 2 aromatic rings. The van der Waals surface area contributed by atoms with Crippen LogP contribution < -0.4 is 10.6 Å². The molecule has 0 aliphatic rings. The number of amides is 1. The van der Waals surface area contributed by atoms with Crippen molar-refractivity contribution in [1.29, 1.82) is 0 Å². The molecule has 0 saturated heterocycles. The van der Waals surface area contributed by atoms with Crippen LogP contribution in [0.5, 0.6) is 0 Å². The molecule has 1 amide bonds. The molecule has 2 N–H and O–H groups in total. The highest BCUT2D eigenvalue weighted by molar-refractivity contribution is 7.09. The molecule has 0 spiro atoms. The molecule has 0 aromatic carbocycles. The predicted molar refractivity (Wildman–Crippen MR) is 81.3 cm³/mol. The van der Waals surface area contributed by atoms with Crippen LogP contribution in [0.15, 0.2) is 23.7 Å². The third kappa shape index (κ3) is 4.03. The average Bonchev–Trinajstić information content (AvgIpc) is 2.91. The van der Waals surface area contributed by atoms with Crippen molar-refractivity contribution in [2.45, 2.75) is 20.3 Å². The van der Waals surface area contributed by atoms with Gasteiger partial charge in [0.1, 0.15) is 5.82 Å². The first-order chi connectivity index (χ1) is 9.69. The van der Waals surface area contributed by atoms with Gasteiger partial charge >= 0.3 is 0 Å². The van der Waals surface area contributed by atoms with Gasteiger partial charge in [-0.1, -0.05) is 0 Å². The highest BCUT2D eigenvalue weighted by atomic mass is 32.1. The Hall–Kier alpha value is -1.95. The van der Waals surface area contributed by atoms with E-state index in [0.29, 0.717) is 12.1 Å². The monoisotopic (exact) mass is 290 g/mol. The van der Waals surface area contributed by atoms with Crippen molar-refractivity contribution in [3.05, 3.63) is 40.0 Å². The fourth-order valence-corrected chi connectivity index (χ4v) is 2.45. The molecule has 2 aromatic heterocycles. The third-order valence-corrected chi connectivity index (χ3v) is 3.52. The molecule has 0 unspecified atom stereocenters. The first-order valence-corrected chi connectivity index (χ1v) is 7.46. The summed E-state index contributed by atoms with van der Waals surface area (Å²) in [6.07, 6.45) is 2.53. The number of hydrogen-bond acceptors (Lipinski definition) is 5. The van der Waals surface area contributed by atoms with Crippen LogP contribution in [0.3, 0.4) is 0 Å². The van der Waals surface area contributed by atoms with E-state index in [0.717, 1.165) is 29.5 Å². The lowest BCUT2D eigenvalue weighted by molar-refractivity contribution is 0.0954. The van der Waals surface area contributed by atoms with Gasteiger partial charge in [-0.2, -0.15) is 0 Å². The number of carbonyl (C=O) groups excluding carboxylic acids is 1. The average molecular weight is 290 g/mol. The van der Waals surface area contributed by atoms with E-state index in [-0.39, 0.29) is 5.91 Å². The molecule has 0 aliphatic heterocycles. The first-order valence-electron chi connectivity index (χ1n) is 6.58. The van der Waals surface area contributed by atoms with E-state index >= 15 is 0 Å². The van der Waals surface area contributed by atoms with Crippen molar-refractivity contribution >= 4 is 23.1 Å². The molecule has 0 atom stereocenters. The largest absolute Gasteiger partial charge is 0.370 e. The molecule has 0 aliphatic carbocycles. The lowest BCUT2D eigenvalue weighted by Gasteiger charge is -2.08. The third-order valence-electron chi connectivity index (χ3n) is 2.68. The minimum Gasteiger partial charge on any atom is -0.370 e. The summed E-state index contributed by atoms with van der Waals surface area (Å²) in [5, 5.41) is 9.00. The van der Waals surface area contributed by atoms with Crippen LogP contribution in [0.1, 0.15) is 28.0 Å². The summed E-state index contributed by atoms with van der Waals surface area (Å²) in [6, 6.07) is 3.56. The maximum absolute atomic E-state index is 12.1. The lowest BCUT2D eigenvalue weighted by Crippen LogP contribution is -2.26. The number of pyridine rings is 1. The zero-order chi connectivity index (χ0) is 14.4. The van der Waals surface area contributed by atoms with Crippen molar-refractivity contribution in [3.63, 3.8) is 0 Å². The number of aromatic nitrogens is 2. The maximum atomic E-state index is 12.1. The molecule has 2 rings (SSSR count). The van der Waals surface area contributed by atoms with Crippen molar-refractivity contribution in [2.75, 3.05) is 18.4 Å². The van der Waals surface area contributed by atoms with Gasteiger partial charge in [-0.05, 0) is 26.0 Å². The number of aryl methyl sites for hydroxylation is 1. The second kappa shape index (κ2) is 7.00. The fraction of sp³-hybridized carbons (Fsp3) is 0.357. The van der Waals surface area contributed by atoms with E-state index in [4.69, 9.17) is 0 Å². The summed E-state index contributed by atoms with van der Waals surface area (Å²) in [6.45, 7) is 5.25. The van der Waals surface area contributed by atoms with Crippen LogP contribution in [0.2, 0.25) is 0 Å². The van der Waals surface area contributed by atoms with Gasteiger partial charge in [0, 0.05) is 42.3 Å². The zero-order valence-electron chi connectivity index (χ0n) is 11.6. The number of thiazole rings is 1. The number of carbonyl (C=O) groups is 1. The molecule has 6 heteroatoms. The second-order valence-electron chi connectivity index (χ2n) is 4.34. The van der Waals surface area contributed by atoms with E-state index in [1.807, 2.05) is 19.2 Å². The fourth-order valence-electron chi connectivity index (χ4n) is 1.83. The Kier molecular flexibility index (Phi) is 5.06. The molecule has 2 heterocycles. The lowest BCUT2D eigenvalue weighted by atomic mass is 10.2. The molecular weight excluding hydrogens is 272 g/mol. The van der Waals surface area contributed by atoms with Crippen molar-refractivity contribution < 1.29 is 4.79 Å². The number of hydrogen-bond donors (Lipinski definition) is 2. The van der Waals surface area contributed by atoms with Crippen LogP contribution in [-0.2, 0) is 6.42 Å². The minimum absolute atomic E-state index is 0.0776. The van der Waals surface area contributed by atoms with Gasteiger partial charge in [0.05, 0.1) is 5.01 Å². The van der Waals surface area contributed by atoms with Gasteiger partial charge in [0.25, 0.3) is 5.91 Å². The Morgan fingerprint density at radius 3 is 2.95 bits per heavy atom. The quantitative estimate of drug-likeness (QED) is 0.856. The summed E-state index contributed by atoms with van der Waals surface area (Å²) in [4.78, 5) is 20.6. The van der Waals surface area contributed by atoms with E-state index in [1.165, 1.54) is 0 Å². The Labute approximate surface area is 122 Å². The molecule has 5 nitrogen and oxygen atoms in total. The van der Waals surface area contributed by atoms with Gasteiger partial charge in [-0.15, -0.1) is 11.3 Å². The summed E-state index contributed by atoms with van der Waals surface area (Å²) in [5.74, 6) is 0.656. The van der Waals surface area contributed by atoms with Gasteiger partial charge in [-0.3, -0.25) is 4.79 Å². The van der Waals surface area contributed by atoms with Crippen molar-refractivity contribution in [2.24, 2.45) is 0 Å². The molecule has 0 fully saturated rings. The second-order valence-corrected chi connectivity index (χ2v) is 5.32. The topological polar surface area (TPSA) is 66.9 Å². The number of nitrogens with one attached hydrogen (secondary N) is 2. The van der Waals surface area contributed by atoms with E-state index in [2.05, 4.69) is 20.6 Å². The van der Waals surface area contributed by atoms with E-state index in [1.54, 1.807) is 29.7 Å². The molecule has 0 bridgehead atoms. The Balaban J connectivity index is 1.94. The number of nitrogens with zero attached hydrogens (tertiary/aromatic N) is 2. The van der Waals surface area contributed by atoms with Gasteiger partial charge < -0.3 is 10.6 Å². The summed E-state index contributed by atoms with van der Waals surface area (Å²) < 4.78 is 0. The first kappa shape index (κ1) is 14.5. The summed E-state index contributed by atoms with van der Waals surface area (Å²) in [7, 11) is 0. The smallest absolute Gasteiger partial charge is 0.251 e. The Morgan fingerprint density at radius 1 is 1.40 bits per heavy atom. The zero-order valence-corrected chi connectivity index (χ0v) is 12.5. The number of anilines is 1. The van der Waals surface area contributed by atoms with Gasteiger partial charge in [0.2, 0.25) is 0 Å². The molecule has 20 heavy (non-hydrogen) atoms.